The lowest BCUT2D eigenvalue weighted by Crippen LogP contribution is -2.22. The molecular formula is C14H10BrFN2O2. The summed E-state index contributed by atoms with van der Waals surface area (Å²) >= 11 is 3.28. The maximum atomic E-state index is 13.2. The van der Waals surface area contributed by atoms with E-state index in [2.05, 4.69) is 26.0 Å². The van der Waals surface area contributed by atoms with Crippen LogP contribution in [-0.4, -0.2) is 5.97 Å². The second kappa shape index (κ2) is 5.88. The fourth-order valence-corrected chi connectivity index (χ4v) is 2.66. The summed E-state index contributed by atoms with van der Waals surface area (Å²) in [5.41, 5.74) is 1.63. The van der Waals surface area contributed by atoms with Gasteiger partial charge in [0, 0.05) is 16.1 Å². The van der Waals surface area contributed by atoms with Crippen LogP contribution in [0.25, 0.3) is 0 Å². The van der Waals surface area contributed by atoms with Crippen molar-refractivity contribution >= 4 is 21.9 Å². The average molecular weight is 337 g/mol. The second-order valence-corrected chi connectivity index (χ2v) is 5.02. The van der Waals surface area contributed by atoms with E-state index < -0.39 is 11.9 Å². The van der Waals surface area contributed by atoms with Crippen molar-refractivity contribution in [3.63, 3.8) is 0 Å². The van der Waals surface area contributed by atoms with Crippen LogP contribution in [0.2, 0.25) is 0 Å². The molecule has 1 aromatic rings. The minimum atomic E-state index is -0.719. The molecule has 0 radical (unpaired) electrons. The van der Waals surface area contributed by atoms with Crippen LogP contribution in [0, 0.1) is 17.3 Å². The molecule has 1 N–H and O–H groups in total. The monoisotopic (exact) mass is 336 g/mol. The number of carbonyl (C=O) groups excluding carboxylic acids is 1. The third-order valence-corrected chi connectivity index (χ3v) is 3.65. The molecule has 102 valence electrons. The van der Waals surface area contributed by atoms with E-state index in [1.807, 2.05) is 0 Å². The van der Waals surface area contributed by atoms with Gasteiger partial charge in [0.2, 0.25) is 0 Å². The van der Waals surface area contributed by atoms with Crippen LogP contribution < -0.4 is 5.32 Å². The van der Waals surface area contributed by atoms with Gasteiger partial charge in [-0.25, -0.2) is 9.18 Å². The lowest BCUT2D eigenvalue weighted by molar-refractivity contribution is -0.133. The van der Waals surface area contributed by atoms with Crippen LogP contribution in [0.3, 0.4) is 0 Å². The number of halogens is 2. The maximum absolute atomic E-state index is 13.2. The Morgan fingerprint density at radius 2 is 2.30 bits per heavy atom. The largest absolute Gasteiger partial charge is 0.365 e. The van der Waals surface area contributed by atoms with Gasteiger partial charge in [-0.05, 0) is 30.8 Å². The van der Waals surface area contributed by atoms with Crippen molar-refractivity contribution in [3.8, 4) is 6.26 Å². The number of nitriles is 1. The molecule has 1 aliphatic rings. The summed E-state index contributed by atoms with van der Waals surface area (Å²) in [6.07, 6.45) is 4.82. The van der Waals surface area contributed by atoms with Gasteiger partial charge < -0.3 is 10.1 Å². The normalized spacial score (nSPS) is 17.4. The number of nitrogens with zero attached hydrogens (tertiary/aromatic N) is 1. The number of rotatable bonds is 2. The number of esters is 1. The lowest BCUT2D eigenvalue weighted by atomic mass is 9.88. The molecule has 2 rings (SSSR count). The van der Waals surface area contributed by atoms with Crippen molar-refractivity contribution in [3.05, 3.63) is 57.6 Å². The highest BCUT2D eigenvalue weighted by atomic mass is 79.9. The second-order valence-electron chi connectivity index (χ2n) is 4.17. The Kier molecular flexibility index (Phi) is 4.20. The first-order valence-corrected chi connectivity index (χ1v) is 6.53. The molecule has 0 aliphatic carbocycles. The van der Waals surface area contributed by atoms with Crippen molar-refractivity contribution in [2.45, 2.75) is 12.8 Å². The van der Waals surface area contributed by atoms with Crippen molar-refractivity contribution < 1.29 is 13.9 Å². The Bertz CT molecular complexity index is 662. The quantitative estimate of drug-likeness (QED) is 0.665. The molecule has 0 saturated heterocycles. The van der Waals surface area contributed by atoms with E-state index in [0.717, 1.165) is 0 Å². The van der Waals surface area contributed by atoms with E-state index in [1.165, 1.54) is 18.4 Å². The summed E-state index contributed by atoms with van der Waals surface area (Å²) < 4.78 is 18.1. The van der Waals surface area contributed by atoms with E-state index in [-0.39, 0.29) is 5.82 Å². The molecule has 0 aromatic heterocycles. The minimum Gasteiger partial charge on any atom is -0.365 e. The molecule has 0 amide bonds. The Balaban J connectivity index is 2.48. The van der Waals surface area contributed by atoms with Crippen molar-refractivity contribution in [1.82, 2.24) is 5.32 Å². The van der Waals surface area contributed by atoms with Crippen LogP contribution in [0.4, 0.5) is 4.39 Å². The molecule has 1 aliphatic heterocycles. The highest BCUT2D eigenvalue weighted by Gasteiger charge is 2.28. The van der Waals surface area contributed by atoms with Gasteiger partial charge >= 0.3 is 5.97 Å². The van der Waals surface area contributed by atoms with Gasteiger partial charge in [0.15, 0.2) is 0 Å². The van der Waals surface area contributed by atoms with E-state index in [0.29, 0.717) is 21.3 Å². The predicted molar refractivity (Wildman–Crippen MR) is 73.5 cm³/mol. The molecule has 1 heterocycles. The number of allylic oxidation sites excluding steroid dienone is 2. The first-order chi connectivity index (χ1) is 9.54. The Hall–Kier alpha value is -2.13. The maximum Gasteiger partial charge on any atom is 0.352 e. The zero-order chi connectivity index (χ0) is 14.7. The van der Waals surface area contributed by atoms with E-state index in [1.54, 1.807) is 25.3 Å². The fourth-order valence-electron chi connectivity index (χ4n) is 2.07. The van der Waals surface area contributed by atoms with E-state index in [4.69, 9.17) is 5.26 Å². The van der Waals surface area contributed by atoms with E-state index in [9.17, 15) is 9.18 Å². The van der Waals surface area contributed by atoms with Crippen molar-refractivity contribution in [1.29, 1.82) is 5.26 Å². The first-order valence-electron chi connectivity index (χ1n) is 5.73. The Morgan fingerprint density at radius 3 is 2.95 bits per heavy atom. The van der Waals surface area contributed by atoms with Crippen LogP contribution in [-0.2, 0) is 9.53 Å². The first kappa shape index (κ1) is 14.3. The van der Waals surface area contributed by atoms with Gasteiger partial charge in [-0.2, -0.15) is 0 Å². The number of ether oxygens (including phenoxy) is 1. The molecule has 1 aromatic carbocycles. The van der Waals surface area contributed by atoms with Crippen LogP contribution in [0.15, 0.2) is 46.2 Å². The number of nitrogens with one attached hydrogen (secondary N) is 1. The number of carbonyl (C=O) groups is 1. The molecule has 1 unspecified atom stereocenters. The minimum absolute atomic E-state index is 0.321. The molecule has 4 nitrogen and oxygen atoms in total. The molecule has 0 saturated carbocycles. The summed E-state index contributed by atoms with van der Waals surface area (Å²) in [4.78, 5) is 11.9. The summed E-state index contributed by atoms with van der Waals surface area (Å²) in [6.45, 7) is 1.71. The summed E-state index contributed by atoms with van der Waals surface area (Å²) in [7, 11) is 0. The molecule has 6 heteroatoms. The summed E-state index contributed by atoms with van der Waals surface area (Å²) in [6, 6.07) is 4.24. The van der Waals surface area contributed by atoms with Gasteiger partial charge in [-0.3, -0.25) is 0 Å². The molecule has 1 atom stereocenters. The number of dihydropyridines is 1. The van der Waals surface area contributed by atoms with Crippen molar-refractivity contribution in [2.75, 3.05) is 0 Å². The molecule has 0 bridgehead atoms. The molecule has 20 heavy (non-hydrogen) atoms. The van der Waals surface area contributed by atoms with Gasteiger partial charge in [-0.1, -0.05) is 28.1 Å². The third-order valence-electron chi connectivity index (χ3n) is 2.96. The summed E-state index contributed by atoms with van der Waals surface area (Å²) in [5.74, 6) is -1.50. The fraction of sp³-hybridized carbons (Fsp3) is 0.143. The van der Waals surface area contributed by atoms with Crippen LogP contribution in [0.1, 0.15) is 18.4 Å². The predicted octanol–water partition coefficient (Wildman–Crippen LogP) is 3.09. The van der Waals surface area contributed by atoms with Gasteiger partial charge in [0.25, 0.3) is 6.26 Å². The van der Waals surface area contributed by atoms with E-state index >= 15 is 0 Å². The van der Waals surface area contributed by atoms with Crippen LogP contribution >= 0.6 is 15.9 Å². The zero-order valence-electron chi connectivity index (χ0n) is 10.5. The molecule has 0 fully saturated rings. The number of benzene rings is 1. The van der Waals surface area contributed by atoms with Crippen molar-refractivity contribution in [2.24, 2.45) is 0 Å². The number of hydrogen-bond donors (Lipinski definition) is 1. The SMILES string of the molecule is CC1=C(C(=O)OC#N)C(c2ccc(F)cc2Br)C=CN1. The molecule has 0 spiro atoms. The van der Waals surface area contributed by atoms with Gasteiger partial charge in [0.05, 0.1) is 5.57 Å². The number of hydrogen-bond acceptors (Lipinski definition) is 4. The van der Waals surface area contributed by atoms with Gasteiger partial charge in [0.1, 0.15) is 5.82 Å². The Labute approximate surface area is 123 Å². The smallest absolute Gasteiger partial charge is 0.352 e. The topological polar surface area (TPSA) is 62.1 Å². The third kappa shape index (κ3) is 2.73. The lowest BCUT2D eigenvalue weighted by Gasteiger charge is -2.22. The highest BCUT2D eigenvalue weighted by molar-refractivity contribution is 9.10. The average Bonchev–Trinajstić information content (AvgIpc) is 2.38. The summed E-state index contributed by atoms with van der Waals surface area (Å²) in [5, 5.41) is 11.4. The van der Waals surface area contributed by atoms with Crippen LogP contribution in [0.5, 0.6) is 0 Å². The zero-order valence-corrected chi connectivity index (χ0v) is 12.1. The Morgan fingerprint density at radius 1 is 1.55 bits per heavy atom. The molecular weight excluding hydrogens is 327 g/mol. The van der Waals surface area contributed by atoms with Gasteiger partial charge in [-0.15, -0.1) is 5.26 Å². The highest BCUT2D eigenvalue weighted by Crippen LogP contribution is 2.35. The standard InChI is InChI=1S/C14H10BrFN2O2/c1-8-13(14(19)20-7-17)11(4-5-18-8)10-3-2-9(16)6-12(10)15/h2-6,11,18H,1H3.